The Morgan fingerprint density at radius 2 is 1.95 bits per heavy atom. The normalized spacial score (nSPS) is 25.9. The quantitative estimate of drug-likeness (QED) is 0.838. The van der Waals surface area contributed by atoms with Gasteiger partial charge < -0.3 is 11.1 Å². The first kappa shape index (κ1) is 15.0. The number of rotatable bonds is 4. The maximum Gasteiger partial charge on any atom is 0.252 e. The lowest BCUT2D eigenvalue weighted by Crippen LogP contribution is -2.58. The lowest BCUT2D eigenvalue weighted by molar-refractivity contribution is 0.0898. The second-order valence-electron chi connectivity index (χ2n) is 5.62. The molecule has 0 saturated heterocycles. The monoisotopic (exact) mass is 290 g/mol. The molecule has 0 aliphatic heterocycles. The van der Waals surface area contributed by atoms with Crippen molar-refractivity contribution in [1.29, 1.82) is 0 Å². The highest BCUT2D eigenvalue weighted by Crippen LogP contribution is 2.34. The van der Waals surface area contributed by atoms with Crippen LogP contribution >= 0.6 is 12.2 Å². The predicted molar refractivity (Wildman–Crippen MR) is 85.7 cm³/mol. The largest absolute Gasteiger partial charge is 0.391 e. The van der Waals surface area contributed by atoms with Crippen molar-refractivity contribution in [2.24, 2.45) is 11.7 Å². The zero-order valence-corrected chi connectivity index (χ0v) is 12.7. The molecular weight excluding hydrogens is 268 g/mol. The number of nitrogens with one attached hydrogen (secondary N) is 1. The van der Waals surface area contributed by atoms with Crippen molar-refractivity contribution >= 4 is 23.1 Å². The molecule has 1 aliphatic carbocycles. The summed E-state index contributed by atoms with van der Waals surface area (Å²) in [7, 11) is 0. The van der Waals surface area contributed by atoms with Crippen LogP contribution in [0.5, 0.6) is 0 Å². The second kappa shape index (κ2) is 6.35. The number of amides is 1. The molecule has 0 unspecified atom stereocenters. The van der Waals surface area contributed by atoms with Crippen LogP contribution in [0.15, 0.2) is 30.3 Å². The highest BCUT2D eigenvalue weighted by Gasteiger charge is 2.38. The van der Waals surface area contributed by atoms with Crippen molar-refractivity contribution in [1.82, 2.24) is 5.32 Å². The lowest BCUT2D eigenvalue weighted by Gasteiger charge is -2.40. The third kappa shape index (κ3) is 3.18. The van der Waals surface area contributed by atoms with Crippen molar-refractivity contribution in [2.45, 2.75) is 44.6 Å². The van der Waals surface area contributed by atoms with E-state index >= 15 is 0 Å². The summed E-state index contributed by atoms with van der Waals surface area (Å²) in [4.78, 5) is 12.8. The van der Waals surface area contributed by atoms with Gasteiger partial charge in [-0.15, -0.1) is 0 Å². The van der Waals surface area contributed by atoms with Gasteiger partial charge in [0.25, 0.3) is 5.91 Å². The number of carbonyl (C=O) groups is 1. The van der Waals surface area contributed by atoms with Gasteiger partial charge >= 0.3 is 0 Å². The molecule has 0 bridgehead atoms. The van der Waals surface area contributed by atoms with E-state index in [9.17, 15) is 4.79 Å². The maximum absolute atomic E-state index is 12.3. The highest BCUT2D eigenvalue weighted by atomic mass is 32.1. The zero-order chi connectivity index (χ0) is 14.6. The van der Waals surface area contributed by atoms with Gasteiger partial charge in [-0.25, -0.2) is 0 Å². The molecule has 1 fully saturated rings. The molecule has 1 saturated carbocycles. The van der Waals surface area contributed by atoms with Crippen LogP contribution in [0, 0.1) is 5.92 Å². The third-order valence-corrected chi connectivity index (χ3v) is 4.79. The summed E-state index contributed by atoms with van der Waals surface area (Å²) in [6.07, 6.45) is 5.02. The molecule has 1 aliphatic rings. The maximum atomic E-state index is 12.3. The summed E-state index contributed by atoms with van der Waals surface area (Å²) in [6.45, 7) is 2.21. The minimum atomic E-state index is -0.506. The van der Waals surface area contributed by atoms with E-state index in [4.69, 9.17) is 18.0 Å². The lowest BCUT2D eigenvalue weighted by atomic mass is 9.75. The van der Waals surface area contributed by atoms with Crippen LogP contribution in [0.1, 0.15) is 49.4 Å². The Kier molecular flexibility index (Phi) is 4.76. The summed E-state index contributed by atoms with van der Waals surface area (Å²) < 4.78 is 0. The van der Waals surface area contributed by atoms with Crippen molar-refractivity contribution in [3.05, 3.63) is 35.9 Å². The number of thiocarbonyl (C=S) groups is 1. The summed E-state index contributed by atoms with van der Waals surface area (Å²) in [5.41, 5.74) is 6.08. The minimum Gasteiger partial charge on any atom is -0.391 e. The fourth-order valence-electron chi connectivity index (χ4n) is 2.89. The number of benzene rings is 1. The van der Waals surface area contributed by atoms with Crippen molar-refractivity contribution < 1.29 is 4.79 Å². The molecule has 0 atom stereocenters. The van der Waals surface area contributed by atoms with E-state index < -0.39 is 5.54 Å². The van der Waals surface area contributed by atoms with Crippen LogP contribution < -0.4 is 11.1 Å². The average Bonchev–Trinajstić information content (AvgIpc) is 2.48. The fraction of sp³-hybridized carbons (Fsp3) is 0.500. The minimum absolute atomic E-state index is 0.0895. The van der Waals surface area contributed by atoms with E-state index in [0.29, 0.717) is 10.6 Å². The molecule has 2 rings (SSSR count). The van der Waals surface area contributed by atoms with E-state index in [2.05, 4.69) is 12.2 Å². The van der Waals surface area contributed by atoms with E-state index in [-0.39, 0.29) is 5.91 Å². The van der Waals surface area contributed by atoms with Gasteiger partial charge in [0, 0.05) is 5.56 Å². The fourth-order valence-corrected chi connectivity index (χ4v) is 3.15. The molecule has 0 aromatic heterocycles. The Labute approximate surface area is 125 Å². The van der Waals surface area contributed by atoms with Gasteiger partial charge in [-0.05, 0) is 43.7 Å². The van der Waals surface area contributed by atoms with Crippen molar-refractivity contribution in [2.75, 3.05) is 0 Å². The molecular formula is C16H22N2OS. The van der Waals surface area contributed by atoms with Crippen molar-refractivity contribution in [3.8, 4) is 0 Å². The first-order valence-corrected chi connectivity index (χ1v) is 7.65. The van der Waals surface area contributed by atoms with Crippen LogP contribution in [-0.4, -0.2) is 16.4 Å². The number of nitrogens with two attached hydrogens (primary N) is 1. The number of carbonyl (C=O) groups excluding carboxylic acids is 1. The first-order chi connectivity index (χ1) is 9.57. The summed E-state index contributed by atoms with van der Waals surface area (Å²) in [5, 5.41) is 3.09. The second-order valence-corrected chi connectivity index (χ2v) is 6.06. The molecule has 20 heavy (non-hydrogen) atoms. The van der Waals surface area contributed by atoms with E-state index in [1.54, 1.807) is 12.1 Å². The smallest absolute Gasteiger partial charge is 0.252 e. The number of hydrogen-bond acceptors (Lipinski definition) is 2. The van der Waals surface area contributed by atoms with Crippen molar-refractivity contribution in [3.63, 3.8) is 0 Å². The van der Waals surface area contributed by atoms with E-state index in [1.807, 2.05) is 18.2 Å². The van der Waals surface area contributed by atoms with Gasteiger partial charge in [-0.1, -0.05) is 43.8 Å². The van der Waals surface area contributed by atoms with Gasteiger partial charge in [0.15, 0.2) is 0 Å². The number of hydrogen-bond donors (Lipinski definition) is 2. The molecule has 1 amide bonds. The molecule has 0 radical (unpaired) electrons. The molecule has 4 heteroatoms. The van der Waals surface area contributed by atoms with Crippen LogP contribution in [0.2, 0.25) is 0 Å². The average molecular weight is 290 g/mol. The Balaban J connectivity index is 2.11. The van der Waals surface area contributed by atoms with E-state index in [1.165, 1.54) is 6.42 Å². The molecule has 1 aromatic carbocycles. The SMILES string of the molecule is CCC1CCC(NC(=O)c2ccccc2)(C(N)=S)CC1. The molecule has 0 spiro atoms. The topological polar surface area (TPSA) is 55.1 Å². The Hall–Kier alpha value is -1.42. The van der Waals surface area contributed by atoms with Crippen LogP contribution in [0.4, 0.5) is 0 Å². The summed E-state index contributed by atoms with van der Waals surface area (Å²) >= 11 is 5.23. The highest BCUT2D eigenvalue weighted by molar-refractivity contribution is 7.80. The zero-order valence-electron chi connectivity index (χ0n) is 11.9. The van der Waals surface area contributed by atoms with Gasteiger partial charge in [-0.3, -0.25) is 4.79 Å². The molecule has 3 nitrogen and oxygen atoms in total. The Morgan fingerprint density at radius 1 is 1.35 bits per heavy atom. The Morgan fingerprint density at radius 3 is 2.45 bits per heavy atom. The van der Waals surface area contributed by atoms with Gasteiger partial charge in [0.2, 0.25) is 0 Å². The first-order valence-electron chi connectivity index (χ1n) is 7.25. The molecule has 1 aromatic rings. The summed E-state index contributed by atoms with van der Waals surface area (Å²) in [5.74, 6) is 0.638. The van der Waals surface area contributed by atoms with Crippen LogP contribution in [0.25, 0.3) is 0 Å². The molecule has 3 N–H and O–H groups in total. The Bertz CT molecular complexity index is 479. The van der Waals surface area contributed by atoms with Crippen LogP contribution in [-0.2, 0) is 0 Å². The van der Waals surface area contributed by atoms with E-state index in [0.717, 1.165) is 31.6 Å². The molecule has 0 heterocycles. The van der Waals surface area contributed by atoms with Gasteiger partial charge in [0.1, 0.15) is 0 Å². The third-order valence-electron chi connectivity index (χ3n) is 4.40. The predicted octanol–water partition coefficient (Wildman–Crippen LogP) is 3.04. The molecule has 108 valence electrons. The van der Waals surface area contributed by atoms with Gasteiger partial charge in [0.05, 0.1) is 10.5 Å². The van der Waals surface area contributed by atoms with Gasteiger partial charge in [-0.2, -0.15) is 0 Å². The van der Waals surface area contributed by atoms with Crippen LogP contribution in [0.3, 0.4) is 0 Å². The standard InChI is InChI=1S/C16H22N2OS/c1-2-12-8-10-16(11-9-12,15(17)20)18-14(19)13-6-4-3-5-7-13/h3-7,12H,2,8-11H2,1H3,(H2,17,20)(H,18,19). The summed E-state index contributed by atoms with van der Waals surface area (Å²) in [6, 6.07) is 9.22.